The van der Waals surface area contributed by atoms with Crippen molar-refractivity contribution in [2.24, 2.45) is 0 Å². The van der Waals surface area contributed by atoms with Crippen molar-refractivity contribution in [3.05, 3.63) is 76.2 Å². The SMILES string of the molecule is CCOC(=O)c1c(-c2ccccc2)csc1NC(=O)COC(=O)c1cc(C)ccc1C. The summed E-state index contributed by atoms with van der Waals surface area (Å²) in [4.78, 5) is 37.4. The lowest BCUT2D eigenvalue weighted by atomic mass is 10.0. The highest BCUT2D eigenvalue weighted by Crippen LogP contribution is 2.36. The topological polar surface area (TPSA) is 81.7 Å². The van der Waals surface area contributed by atoms with Crippen LogP contribution in [0.3, 0.4) is 0 Å². The van der Waals surface area contributed by atoms with Gasteiger partial charge in [-0.1, -0.05) is 48.0 Å². The smallest absolute Gasteiger partial charge is 0.341 e. The molecule has 0 aliphatic carbocycles. The van der Waals surface area contributed by atoms with Crippen LogP contribution in [0.1, 0.15) is 38.8 Å². The molecule has 1 aromatic heterocycles. The summed E-state index contributed by atoms with van der Waals surface area (Å²) in [6, 6.07) is 14.8. The van der Waals surface area contributed by atoms with E-state index in [1.54, 1.807) is 25.3 Å². The molecule has 1 N–H and O–H groups in total. The molecule has 0 atom stereocenters. The summed E-state index contributed by atoms with van der Waals surface area (Å²) in [7, 11) is 0. The summed E-state index contributed by atoms with van der Waals surface area (Å²) in [5.41, 5.74) is 3.91. The molecule has 1 heterocycles. The monoisotopic (exact) mass is 437 g/mol. The average Bonchev–Trinajstić information content (AvgIpc) is 3.18. The molecule has 1 amide bonds. The van der Waals surface area contributed by atoms with Gasteiger partial charge >= 0.3 is 11.9 Å². The van der Waals surface area contributed by atoms with Crippen molar-refractivity contribution in [2.75, 3.05) is 18.5 Å². The van der Waals surface area contributed by atoms with Gasteiger partial charge in [-0.2, -0.15) is 0 Å². The number of hydrogen-bond acceptors (Lipinski definition) is 6. The van der Waals surface area contributed by atoms with Gasteiger partial charge in [0.1, 0.15) is 10.6 Å². The van der Waals surface area contributed by atoms with E-state index in [4.69, 9.17) is 9.47 Å². The van der Waals surface area contributed by atoms with Crippen molar-refractivity contribution in [1.82, 2.24) is 0 Å². The lowest BCUT2D eigenvalue weighted by Crippen LogP contribution is -2.22. The minimum Gasteiger partial charge on any atom is -0.462 e. The third-order valence-corrected chi connectivity index (χ3v) is 5.45. The van der Waals surface area contributed by atoms with Gasteiger partial charge in [0, 0.05) is 10.9 Å². The minimum absolute atomic E-state index is 0.212. The van der Waals surface area contributed by atoms with E-state index in [1.807, 2.05) is 49.4 Å². The highest BCUT2D eigenvalue weighted by molar-refractivity contribution is 7.15. The van der Waals surface area contributed by atoms with Gasteiger partial charge in [0.05, 0.1) is 12.2 Å². The molecule has 7 heteroatoms. The van der Waals surface area contributed by atoms with Crippen LogP contribution in [0.5, 0.6) is 0 Å². The van der Waals surface area contributed by atoms with Crippen LogP contribution in [0.2, 0.25) is 0 Å². The van der Waals surface area contributed by atoms with Gasteiger partial charge in [0.2, 0.25) is 0 Å². The van der Waals surface area contributed by atoms with Crippen LogP contribution in [-0.4, -0.2) is 31.1 Å². The summed E-state index contributed by atoms with van der Waals surface area (Å²) in [6.45, 7) is 5.15. The zero-order chi connectivity index (χ0) is 22.4. The molecule has 6 nitrogen and oxygen atoms in total. The Kier molecular flexibility index (Phi) is 7.20. The predicted molar refractivity (Wildman–Crippen MR) is 121 cm³/mol. The Balaban J connectivity index is 1.75. The Morgan fingerprint density at radius 3 is 2.42 bits per heavy atom. The molecule has 31 heavy (non-hydrogen) atoms. The number of rotatable bonds is 7. The van der Waals surface area contributed by atoms with Crippen molar-refractivity contribution >= 4 is 34.2 Å². The van der Waals surface area contributed by atoms with E-state index in [-0.39, 0.29) is 12.2 Å². The van der Waals surface area contributed by atoms with Crippen molar-refractivity contribution in [2.45, 2.75) is 20.8 Å². The molecule has 160 valence electrons. The highest BCUT2D eigenvalue weighted by atomic mass is 32.1. The van der Waals surface area contributed by atoms with Crippen LogP contribution < -0.4 is 5.32 Å². The number of ether oxygens (including phenoxy) is 2. The first-order chi connectivity index (χ1) is 14.9. The maximum atomic E-state index is 12.6. The molecule has 2 aromatic carbocycles. The molecule has 0 bridgehead atoms. The highest BCUT2D eigenvalue weighted by Gasteiger charge is 2.23. The number of carbonyl (C=O) groups excluding carboxylic acids is 3. The Morgan fingerprint density at radius 2 is 1.71 bits per heavy atom. The second-order valence-corrected chi connectivity index (χ2v) is 7.76. The molecule has 0 saturated carbocycles. The number of hydrogen-bond donors (Lipinski definition) is 1. The molecular weight excluding hydrogens is 414 g/mol. The van der Waals surface area contributed by atoms with E-state index >= 15 is 0 Å². The van der Waals surface area contributed by atoms with Gasteiger partial charge in [-0.15, -0.1) is 11.3 Å². The van der Waals surface area contributed by atoms with Crippen LogP contribution in [0.4, 0.5) is 5.00 Å². The van der Waals surface area contributed by atoms with Gasteiger partial charge in [0.25, 0.3) is 5.91 Å². The van der Waals surface area contributed by atoms with Crippen LogP contribution in [0.25, 0.3) is 11.1 Å². The van der Waals surface area contributed by atoms with Crippen molar-refractivity contribution < 1.29 is 23.9 Å². The molecule has 0 fully saturated rings. The molecule has 0 aliphatic heterocycles. The maximum Gasteiger partial charge on any atom is 0.341 e. The zero-order valence-electron chi connectivity index (χ0n) is 17.6. The summed E-state index contributed by atoms with van der Waals surface area (Å²) in [5.74, 6) is -1.63. The van der Waals surface area contributed by atoms with E-state index in [1.165, 1.54) is 11.3 Å². The average molecular weight is 438 g/mol. The first-order valence-corrected chi connectivity index (χ1v) is 10.7. The second-order valence-electron chi connectivity index (χ2n) is 6.88. The Morgan fingerprint density at radius 1 is 0.968 bits per heavy atom. The van der Waals surface area contributed by atoms with Crippen molar-refractivity contribution in [1.29, 1.82) is 0 Å². The Bertz CT molecular complexity index is 1100. The number of carbonyl (C=O) groups is 3. The fourth-order valence-corrected chi connectivity index (χ4v) is 3.99. The number of nitrogens with one attached hydrogen (secondary N) is 1. The van der Waals surface area contributed by atoms with Crippen molar-refractivity contribution in [3.63, 3.8) is 0 Å². The molecule has 0 saturated heterocycles. The van der Waals surface area contributed by atoms with Crippen LogP contribution >= 0.6 is 11.3 Å². The first-order valence-electron chi connectivity index (χ1n) is 9.79. The number of thiophene rings is 1. The first kappa shape index (κ1) is 22.2. The molecule has 3 aromatic rings. The van der Waals surface area contributed by atoms with Crippen LogP contribution in [-0.2, 0) is 14.3 Å². The molecule has 0 aliphatic rings. The van der Waals surface area contributed by atoms with Gasteiger partial charge in [-0.05, 0) is 38.0 Å². The lowest BCUT2D eigenvalue weighted by molar-refractivity contribution is -0.119. The lowest BCUT2D eigenvalue weighted by Gasteiger charge is -2.10. The number of amides is 1. The van der Waals surface area contributed by atoms with E-state index in [2.05, 4.69) is 5.32 Å². The molecule has 0 spiro atoms. The van der Waals surface area contributed by atoms with E-state index in [0.717, 1.165) is 16.7 Å². The normalized spacial score (nSPS) is 10.4. The van der Waals surface area contributed by atoms with Crippen LogP contribution in [0, 0.1) is 13.8 Å². The number of esters is 2. The van der Waals surface area contributed by atoms with Crippen molar-refractivity contribution in [3.8, 4) is 11.1 Å². The molecular formula is C24H23NO5S. The Labute approximate surface area is 184 Å². The van der Waals surface area contributed by atoms with Gasteiger partial charge in [0.15, 0.2) is 6.61 Å². The number of anilines is 1. The van der Waals surface area contributed by atoms with Crippen LogP contribution in [0.15, 0.2) is 53.9 Å². The van der Waals surface area contributed by atoms with Gasteiger partial charge < -0.3 is 14.8 Å². The Hall–Kier alpha value is -3.45. The third-order valence-electron chi connectivity index (χ3n) is 4.56. The number of benzene rings is 2. The third kappa shape index (κ3) is 5.38. The summed E-state index contributed by atoms with van der Waals surface area (Å²) in [5, 5.41) is 4.82. The fraction of sp³-hybridized carbons (Fsp3) is 0.208. The van der Waals surface area contributed by atoms with E-state index in [9.17, 15) is 14.4 Å². The molecule has 3 rings (SSSR count). The van der Waals surface area contributed by atoms with E-state index < -0.39 is 24.5 Å². The maximum absolute atomic E-state index is 12.6. The second kappa shape index (κ2) is 10.0. The quantitative estimate of drug-likeness (QED) is 0.526. The molecule has 0 radical (unpaired) electrons. The van der Waals surface area contributed by atoms with E-state index in [0.29, 0.717) is 16.1 Å². The fourth-order valence-electron chi connectivity index (χ4n) is 3.01. The van der Waals surface area contributed by atoms with Gasteiger partial charge in [-0.25, -0.2) is 9.59 Å². The predicted octanol–water partition coefficient (Wildman–Crippen LogP) is 5.00. The standard InChI is InChI=1S/C24H23NO5S/c1-4-29-24(28)21-19(17-8-6-5-7-9-17)14-31-22(21)25-20(26)13-30-23(27)18-12-15(2)10-11-16(18)3/h5-12,14H,4,13H2,1-3H3,(H,25,26). The summed E-state index contributed by atoms with van der Waals surface area (Å²) >= 11 is 1.22. The number of aryl methyl sites for hydroxylation is 2. The summed E-state index contributed by atoms with van der Waals surface area (Å²) < 4.78 is 10.4. The largest absolute Gasteiger partial charge is 0.462 e. The van der Waals surface area contributed by atoms with Gasteiger partial charge in [-0.3, -0.25) is 4.79 Å². The minimum atomic E-state index is -0.571. The summed E-state index contributed by atoms with van der Waals surface area (Å²) in [6.07, 6.45) is 0. The zero-order valence-corrected chi connectivity index (χ0v) is 18.4. The molecule has 0 unspecified atom stereocenters.